The Morgan fingerprint density at radius 3 is 2.89 bits per heavy atom. The highest BCUT2D eigenvalue weighted by molar-refractivity contribution is 6.33. The quantitative estimate of drug-likeness (QED) is 0.281. The molecule has 1 atom stereocenters. The molecule has 5 rings (SSSR count). The first-order chi connectivity index (χ1) is 18.5. The number of nitrogens with zero attached hydrogens (tertiary/aromatic N) is 5. The summed E-state index contributed by atoms with van der Waals surface area (Å²) in [6, 6.07) is 12.1. The van der Waals surface area contributed by atoms with Gasteiger partial charge in [0, 0.05) is 54.4 Å². The number of rotatable bonds is 8. The monoisotopic (exact) mass is 530 g/mol. The number of aromatic nitrogens is 4. The first-order valence-corrected chi connectivity index (χ1v) is 13.0. The number of piperidine rings is 1. The number of hydrogen-bond donors (Lipinski definition) is 3. The fraction of sp³-hybridized carbons (Fsp3) is 0.286. The lowest BCUT2D eigenvalue weighted by molar-refractivity contribution is -0.111. The van der Waals surface area contributed by atoms with Crippen LogP contribution in [-0.2, 0) is 4.79 Å². The molecule has 1 fully saturated rings. The fourth-order valence-electron chi connectivity index (χ4n) is 4.58. The number of anilines is 3. The number of pyridine rings is 1. The molecule has 0 saturated carbocycles. The highest BCUT2D eigenvalue weighted by Crippen LogP contribution is 2.32. The van der Waals surface area contributed by atoms with Crippen molar-refractivity contribution in [3.63, 3.8) is 0 Å². The zero-order valence-corrected chi connectivity index (χ0v) is 22.2. The second kappa shape index (κ2) is 11.6. The largest absolute Gasteiger partial charge is 0.360 e. The highest BCUT2D eigenvalue weighted by atomic mass is 35.5. The van der Waals surface area contributed by atoms with Crippen LogP contribution in [0.4, 0.5) is 17.5 Å². The summed E-state index contributed by atoms with van der Waals surface area (Å²) in [7, 11) is 3.91. The molecule has 3 aromatic heterocycles. The van der Waals surface area contributed by atoms with Crippen LogP contribution in [0, 0.1) is 0 Å². The van der Waals surface area contributed by atoms with Crippen LogP contribution in [0.1, 0.15) is 12.8 Å². The summed E-state index contributed by atoms with van der Waals surface area (Å²) in [6.07, 6.45) is 10.7. The number of aromatic amines is 1. The Hall–Kier alpha value is -3.95. The van der Waals surface area contributed by atoms with Crippen molar-refractivity contribution in [2.75, 3.05) is 49.3 Å². The van der Waals surface area contributed by atoms with Crippen molar-refractivity contribution in [2.45, 2.75) is 18.9 Å². The van der Waals surface area contributed by atoms with E-state index in [1.165, 1.54) is 6.08 Å². The van der Waals surface area contributed by atoms with Gasteiger partial charge in [0.15, 0.2) is 0 Å². The summed E-state index contributed by atoms with van der Waals surface area (Å²) in [6.45, 7) is 2.38. The van der Waals surface area contributed by atoms with Crippen molar-refractivity contribution in [1.82, 2.24) is 24.8 Å². The first kappa shape index (κ1) is 25.7. The summed E-state index contributed by atoms with van der Waals surface area (Å²) in [5.41, 5.74) is 3.35. The molecule has 1 aliphatic rings. The maximum atomic E-state index is 12.1. The van der Waals surface area contributed by atoms with Crippen LogP contribution in [-0.4, -0.2) is 70.5 Å². The molecule has 1 aromatic carbocycles. The number of carbonyl (C=O) groups excluding carboxylic acids is 1. The Kier molecular flexibility index (Phi) is 7.86. The van der Waals surface area contributed by atoms with Crippen molar-refractivity contribution < 1.29 is 4.79 Å². The molecule has 3 N–H and O–H groups in total. The minimum Gasteiger partial charge on any atom is -0.360 e. The average molecular weight is 531 g/mol. The van der Waals surface area contributed by atoms with E-state index in [1.807, 2.05) is 61.6 Å². The van der Waals surface area contributed by atoms with E-state index in [-0.39, 0.29) is 11.9 Å². The van der Waals surface area contributed by atoms with Gasteiger partial charge in [-0.2, -0.15) is 0 Å². The van der Waals surface area contributed by atoms with Crippen LogP contribution in [0.3, 0.4) is 0 Å². The number of amides is 1. The third kappa shape index (κ3) is 6.12. The van der Waals surface area contributed by atoms with Crippen LogP contribution in [0.15, 0.2) is 67.1 Å². The Labute approximate surface area is 226 Å². The molecular formula is C28H31ClN8O. The second-order valence-electron chi connectivity index (χ2n) is 9.63. The number of para-hydroxylation sites is 1. The van der Waals surface area contributed by atoms with Gasteiger partial charge in [0.25, 0.3) is 0 Å². The Morgan fingerprint density at radius 1 is 1.21 bits per heavy atom. The van der Waals surface area contributed by atoms with Gasteiger partial charge in [-0.25, -0.2) is 15.0 Å². The number of halogens is 1. The molecule has 0 spiro atoms. The zero-order chi connectivity index (χ0) is 26.5. The predicted molar refractivity (Wildman–Crippen MR) is 154 cm³/mol. The fourth-order valence-corrected chi connectivity index (χ4v) is 4.77. The number of H-pyrrole nitrogens is 1. The van der Waals surface area contributed by atoms with E-state index < -0.39 is 0 Å². The molecule has 0 radical (unpaired) electrons. The van der Waals surface area contributed by atoms with E-state index in [0.717, 1.165) is 48.2 Å². The lowest BCUT2D eigenvalue weighted by Crippen LogP contribution is -2.42. The molecule has 4 heterocycles. The van der Waals surface area contributed by atoms with E-state index in [0.29, 0.717) is 28.9 Å². The molecule has 10 heteroatoms. The summed E-state index contributed by atoms with van der Waals surface area (Å²) in [4.78, 5) is 33.4. The van der Waals surface area contributed by atoms with Crippen molar-refractivity contribution in [1.29, 1.82) is 0 Å². The van der Waals surface area contributed by atoms with Crippen molar-refractivity contribution >= 4 is 45.9 Å². The molecule has 38 heavy (non-hydrogen) atoms. The SMILES string of the molecule is CN(C)C/C=C/C(=O)Nc1ccc(N2CCC[C@@H](Nc3ncc(Cl)c(-c4c[nH]c5ccccc45)n3)C2)nc1. The van der Waals surface area contributed by atoms with Crippen LogP contribution in [0.5, 0.6) is 0 Å². The molecule has 1 aliphatic heterocycles. The lowest BCUT2D eigenvalue weighted by Gasteiger charge is -2.34. The second-order valence-corrected chi connectivity index (χ2v) is 10.0. The average Bonchev–Trinajstić information content (AvgIpc) is 3.34. The zero-order valence-electron chi connectivity index (χ0n) is 21.5. The van der Waals surface area contributed by atoms with Crippen LogP contribution in [0.25, 0.3) is 22.2 Å². The molecular weight excluding hydrogens is 500 g/mol. The standard InChI is InChI=1S/C28H31ClN8O/c1-36(2)13-6-10-26(38)33-19-11-12-25(31-15-19)37-14-5-7-20(18-37)34-28-32-17-23(29)27(35-28)22-16-30-24-9-4-3-8-21(22)24/h3-4,6,8-12,15-17,20,30H,5,7,13-14,18H2,1-2H3,(H,33,38)(H,32,34,35)/b10-6+/t20-/m1/s1. The normalized spacial score (nSPS) is 15.9. The van der Waals surface area contributed by atoms with E-state index in [1.54, 1.807) is 12.4 Å². The van der Waals surface area contributed by atoms with Gasteiger partial charge in [0.05, 0.1) is 28.8 Å². The molecule has 9 nitrogen and oxygen atoms in total. The van der Waals surface area contributed by atoms with Crippen LogP contribution in [0.2, 0.25) is 5.02 Å². The van der Waals surface area contributed by atoms with Crippen molar-refractivity contribution in [3.05, 3.63) is 72.2 Å². The molecule has 0 bridgehead atoms. The number of benzene rings is 1. The Balaban J connectivity index is 1.23. The maximum absolute atomic E-state index is 12.1. The van der Waals surface area contributed by atoms with Gasteiger partial charge in [-0.1, -0.05) is 35.9 Å². The van der Waals surface area contributed by atoms with Gasteiger partial charge in [0.1, 0.15) is 5.82 Å². The number of nitrogens with one attached hydrogen (secondary N) is 3. The van der Waals surface area contributed by atoms with Gasteiger partial charge in [-0.05, 0) is 45.1 Å². The van der Waals surface area contributed by atoms with Gasteiger partial charge in [-0.3, -0.25) is 4.79 Å². The number of carbonyl (C=O) groups is 1. The molecule has 1 amide bonds. The van der Waals surface area contributed by atoms with Gasteiger partial charge in [0.2, 0.25) is 11.9 Å². The van der Waals surface area contributed by atoms with E-state index in [4.69, 9.17) is 16.6 Å². The number of fused-ring (bicyclic) bond motifs is 1. The first-order valence-electron chi connectivity index (χ1n) is 12.6. The van der Waals surface area contributed by atoms with Crippen LogP contribution >= 0.6 is 11.6 Å². The van der Waals surface area contributed by atoms with E-state index >= 15 is 0 Å². The smallest absolute Gasteiger partial charge is 0.248 e. The third-order valence-electron chi connectivity index (χ3n) is 6.42. The summed E-state index contributed by atoms with van der Waals surface area (Å²) in [5, 5.41) is 7.92. The Bertz CT molecular complexity index is 1430. The van der Waals surface area contributed by atoms with Gasteiger partial charge in [-0.15, -0.1) is 0 Å². The minimum absolute atomic E-state index is 0.156. The third-order valence-corrected chi connectivity index (χ3v) is 6.70. The van der Waals surface area contributed by atoms with E-state index in [2.05, 4.69) is 36.6 Å². The molecule has 196 valence electrons. The number of hydrogen-bond acceptors (Lipinski definition) is 7. The van der Waals surface area contributed by atoms with Gasteiger partial charge < -0.3 is 25.4 Å². The van der Waals surface area contributed by atoms with Crippen molar-refractivity contribution in [2.24, 2.45) is 0 Å². The minimum atomic E-state index is -0.168. The number of likely N-dealkylation sites (N-methyl/N-ethyl adjacent to an activating group) is 1. The maximum Gasteiger partial charge on any atom is 0.248 e. The highest BCUT2D eigenvalue weighted by Gasteiger charge is 2.22. The van der Waals surface area contributed by atoms with Gasteiger partial charge >= 0.3 is 0 Å². The molecule has 1 saturated heterocycles. The van der Waals surface area contributed by atoms with Crippen LogP contribution < -0.4 is 15.5 Å². The predicted octanol–water partition coefficient (Wildman–Crippen LogP) is 4.81. The van der Waals surface area contributed by atoms with E-state index in [9.17, 15) is 4.79 Å². The molecule has 0 aliphatic carbocycles. The Morgan fingerprint density at radius 2 is 2.08 bits per heavy atom. The topological polar surface area (TPSA) is 102 Å². The molecule has 4 aromatic rings. The lowest BCUT2D eigenvalue weighted by atomic mass is 10.1. The summed E-state index contributed by atoms with van der Waals surface area (Å²) >= 11 is 6.50. The summed E-state index contributed by atoms with van der Waals surface area (Å²) < 4.78 is 0. The summed E-state index contributed by atoms with van der Waals surface area (Å²) in [5.74, 6) is 1.25. The molecule has 0 unspecified atom stereocenters. The van der Waals surface area contributed by atoms with Crippen molar-refractivity contribution in [3.8, 4) is 11.3 Å².